The predicted molar refractivity (Wildman–Crippen MR) is 92.9 cm³/mol. The van der Waals surface area contributed by atoms with Gasteiger partial charge in [-0.25, -0.2) is 4.98 Å². The number of carboxylic acids is 1. The Labute approximate surface area is 145 Å². The van der Waals surface area contributed by atoms with Crippen molar-refractivity contribution in [3.8, 4) is 10.6 Å². The van der Waals surface area contributed by atoms with Gasteiger partial charge in [0.1, 0.15) is 5.01 Å². The number of nitrogens with zero attached hydrogens (tertiary/aromatic N) is 2. The summed E-state index contributed by atoms with van der Waals surface area (Å²) >= 11 is 1.52. The van der Waals surface area contributed by atoms with Crippen LogP contribution in [0.3, 0.4) is 0 Å². The molecule has 2 aromatic rings. The Morgan fingerprint density at radius 2 is 2.21 bits per heavy atom. The van der Waals surface area contributed by atoms with Crippen molar-refractivity contribution in [1.82, 2.24) is 9.88 Å². The van der Waals surface area contributed by atoms with Gasteiger partial charge in [-0.15, -0.1) is 11.3 Å². The average molecular weight is 344 g/mol. The molecule has 0 saturated carbocycles. The van der Waals surface area contributed by atoms with Crippen LogP contribution < -0.4 is 0 Å². The van der Waals surface area contributed by atoms with Gasteiger partial charge in [0.2, 0.25) is 5.91 Å². The molecule has 0 radical (unpaired) electrons. The van der Waals surface area contributed by atoms with Crippen molar-refractivity contribution >= 4 is 23.2 Å². The second kappa shape index (κ2) is 6.36. The monoisotopic (exact) mass is 344 g/mol. The van der Waals surface area contributed by atoms with E-state index in [-0.39, 0.29) is 18.9 Å². The Kier molecular flexibility index (Phi) is 4.41. The molecule has 6 heteroatoms. The van der Waals surface area contributed by atoms with Crippen molar-refractivity contribution < 1.29 is 14.7 Å². The first-order chi connectivity index (χ1) is 11.4. The van der Waals surface area contributed by atoms with E-state index in [1.807, 2.05) is 30.5 Å². The maximum absolute atomic E-state index is 12.4. The zero-order chi connectivity index (χ0) is 17.3. The largest absolute Gasteiger partial charge is 0.481 e. The van der Waals surface area contributed by atoms with Crippen LogP contribution in [0.1, 0.15) is 24.6 Å². The Hall–Kier alpha value is -2.21. The summed E-state index contributed by atoms with van der Waals surface area (Å²) in [6.45, 7) is 4.50. The fraction of sp³-hybridized carbons (Fsp3) is 0.389. The van der Waals surface area contributed by atoms with Crippen molar-refractivity contribution in [1.29, 1.82) is 0 Å². The first-order valence-electron chi connectivity index (χ1n) is 7.90. The number of aromatic nitrogens is 1. The van der Waals surface area contributed by atoms with E-state index in [1.165, 1.54) is 16.9 Å². The molecule has 1 N–H and O–H groups in total. The molecule has 24 heavy (non-hydrogen) atoms. The molecule has 1 amide bonds. The first-order valence-corrected chi connectivity index (χ1v) is 8.78. The molecule has 126 valence electrons. The van der Waals surface area contributed by atoms with Crippen molar-refractivity contribution in [2.75, 3.05) is 13.1 Å². The zero-order valence-electron chi connectivity index (χ0n) is 13.8. The lowest BCUT2D eigenvalue weighted by molar-refractivity contribution is -0.147. The van der Waals surface area contributed by atoms with Gasteiger partial charge in [0.25, 0.3) is 0 Å². The quantitative estimate of drug-likeness (QED) is 0.926. The summed E-state index contributed by atoms with van der Waals surface area (Å²) in [5.74, 6) is -0.894. The van der Waals surface area contributed by atoms with E-state index in [9.17, 15) is 14.7 Å². The number of likely N-dealkylation sites (tertiary alicyclic amines) is 1. The molecule has 1 saturated heterocycles. The van der Waals surface area contributed by atoms with Crippen molar-refractivity contribution in [2.45, 2.75) is 26.7 Å². The van der Waals surface area contributed by atoms with E-state index in [4.69, 9.17) is 0 Å². The molecule has 5 nitrogen and oxygen atoms in total. The van der Waals surface area contributed by atoms with Crippen LogP contribution in [0.5, 0.6) is 0 Å². The van der Waals surface area contributed by atoms with Crippen molar-refractivity contribution in [3.05, 3.63) is 40.9 Å². The van der Waals surface area contributed by atoms with Gasteiger partial charge in [0.15, 0.2) is 0 Å². The minimum Gasteiger partial charge on any atom is -0.481 e. The third-order valence-electron chi connectivity index (χ3n) is 4.49. The van der Waals surface area contributed by atoms with Crippen LogP contribution >= 0.6 is 11.3 Å². The number of rotatable bonds is 4. The summed E-state index contributed by atoms with van der Waals surface area (Å²) in [6, 6.07) is 8.11. The summed E-state index contributed by atoms with van der Waals surface area (Å²) in [5, 5.41) is 12.1. The second-order valence-electron chi connectivity index (χ2n) is 6.62. The Morgan fingerprint density at radius 3 is 2.88 bits per heavy atom. The highest BCUT2D eigenvalue weighted by molar-refractivity contribution is 7.13. The normalized spacial score (nSPS) is 20.3. The molecule has 0 aliphatic carbocycles. The van der Waals surface area contributed by atoms with Gasteiger partial charge in [-0.05, 0) is 26.3 Å². The van der Waals surface area contributed by atoms with Crippen LogP contribution in [0.2, 0.25) is 0 Å². The predicted octanol–water partition coefficient (Wildman–Crippen LogP) is 2.98. The Bertz CT molecular complexity index is 786. The number of aryl methyl sites for hydroxylation is 1. The maximum Gasteiger partial charge on any atom is 0.311 e. The SMILES string of the molecule is Cc1cccc(-c2nc(CC(=O)N3CCC(C)(C(=O)O)C3)cs2)c1. The molecule has 0 bridgehead atoms. The third kappa shape index (κ3) is 3.33. The minimum atomic E-state index is -0.840. The van der Waals surface area contributed by atoms with E-state index in [1.54, 1.807) is 11.8 Å². The molecule has 1 aromatic carbocycles. The molecule has 1 aliphatic rings. The van der Waals surface area contributed by atoms with E-state index >= 15 is 0 Å². The van der Waals surface area contributed by atoms with Crippen molar-refractivity contribution in [3.63, 3.8) is 0 Å². The first kappa shape index (κ1) is 16.6. The van der Waals surface area contributed by atoms with Crippen LogP contribution in [-0.4, -0.2) is 40.0 Å². The van der Waals surface area contributed by atoms with Gasteiger partial charge in [0, 0.05) is 24.0 Å². The maximum atomic E-state index is 12.4. The number of hydrogen-bond donors (Lipinski definition) is 1. The Balaban J connectivity index is 1.67. The van der Waals surface area contributed by atoms with E-state index in [0.29, 0.717) is 13.0 Å². The second-order valence-corrected chi connectivity index (χ2v) is 7.48. The minimum absolute atomic E-state index is 0.0546. The number of thiazole rings is 1. The molecular weight excluding hydrogens is 324 g/mol. The summed E-state index contributed by atoms with van der Waals surface area (Å²) < 4.78 is 0. The molecule has 1 unspecified atom stereocenters. The average Bonchev–Trinajstić information content (AvgIpc) is 3.15. The van der Waals surface area contributed by atoms with Crippen LogP contribution in [0.15, 0.2) is 29.6 Å². The van der Waals surface area contributed by atoms with E-state index < -0.39 is 11.4 Å². The number of carboxylic acid groups (broad SMARTS) is 1. The van der Waals surface area contributed by atoms with E-state index in [0.717, 1.165) is 16.3 Å². The number of carbonyl (C=O) groups excluding carboxylic acids is 1. The summed E-state index contributed by atoms with van der Waals surface area (Å²) in [7, 11) is 0. The summed E-state index contributed by atoms with van der Waals surface area (Å²) in [4.78, 5) is 29.9. The summed E-state index contributed by atoms with van der Waals surface area (Å²) in [5.41, 5.74) is 2.14. The third-order valence-corrected chi connectivity index (χ3v) is 5.43. The fourth-order valence-corrected chi connectivity index (χ4v) is 3.73. The topological polar surface area (TPSA) is 70.5 Å². The number of amides is 1. The van der Waals surface area contributed by atoms with Crippen LogP contribution in [0, 0.1) is 12.3 Å². The standard InChI is InChI=1S/C18H20N2O3S/c1-12-4-3-5-13(8-12)16-19-14(10-24-16)9-15(21)20-7-6-18(2,11-20)17(22)23/h3-5,8,10H,6-7,9,11H2,1-2H3,(H,22,23). The van der Waals surface area contributed by atoms with Crippen LogP contribution in [0.4, 0.5) is 0 Å². The van der Waals surface area contributed by atoms with Gasteiger partial charge >= 0.3 is 5.97 Å². The van der Waals surface area contributed by atoms with Gasteiger partial charge in [-0.1, -0.05) is 23.8 Å². The van der Waals surface area contributed by atoms with E-state index in [2.05, 4.69) is 11.1 Å². The highest BCUT2D eigenvalue weighted by atomic mass is 32.1. The van der Waals surface area contributed by atoms with Gasteiger partial charge < -0.3 is 10.0 Å². The van der Waals surface area contributed by atoms with Gasteiger partial charge in [-0.2, -0.15) is 0 Å². The summed E-state index contributed by atoms with van der Waals surface area (Å²) in [6.07, 6.45) is 0.720. The molecule has 1 atom stereocenters. The highest BCUT2D eigenvalue weighted by Gasteiger charge is 2.42. The molecule has 3 rings (SSSR count). The van der Waals surface area contributed by atoms with Crippen LogP contribution in [0.25, 0.3) is 10.6 Å². The highest BCUT2D eigenvalue weighted by Crippen LogP contribution is 2.31. The number of benzene rings is 1. The Morgan fingerprint density at radius 1 is 1.42 bits per heavy atom. The molecule has 2 heterocycles. The van der Waals surface area contributed by atoms with Gasteiger partial charge in [0.05, 0.1) is 17.5 Å². The fourth-order valence-electron chi connectivity index (χ4n) is 2.91. The molecular formula is C18H20N2O3S. The number of aliphatic carboxylic acids is 1. The molecule has 1 aliphatic heterocycles. The molecule has 1 fully saturated rings. The zero-order valence-corrected chi connectivity index (χ0v) is 14.6. The van der Waals surface area contributed by atoms with Crippen LogP contribution in [-0.2, 0) is 16.0 Å². The lowest BCUT2D eigenvalue weighted by Crippen LogP contribution is -2.35. The lowest BCUT2D eigenvalue weighted by atomic mass is 9.90. The smallest absolute Gasteiger partial charge is 0.311 e. The van der Waals surface area contributed by atoms with Crippen molar-refractivity contribution in [2.24, 2.45) is 5.41 Å². The molecule has 1 aromatic heterocycles. The van der Waals surface area contributed by atoms with Gasteiger partial charge in [-0.3, -0.25) is 9.59 Å². The number of carbonyl (C=O) groups is 2. The molecule has 0 spiro atoms. The number of hydrogen-bond acceptors (Lipinski definition) is 4. The lowest BCUT2D eigenvalue weighted by Gasteiger charge is -2.19.